The molecule has 0 aliphatic carbocycles. The highest BCUT2D eigenvalue weighted by Gasteiger charge is 2.51. The van der Waals surface area contributed by atoms with E-state index in [0.29, 0.717) is 6.07 Å². The summed E-state index contributed by atoms with van der Waals surface area (Å²) in [6.07, 6.45) is 2.77. The molecule has 29 heavy (non-hydrogen) atoms. The van der Waals surface area contributed by atoms with Crippen molar-refractivity contribution in [1.29, 1.82) is 0 Å². The molecular weight excluding hydrogens is 385 g/mol. The number of nitrogens with one attached hydrogen (secondary N) is 1. The SMILES string of the molecule is CN1C(=O)C(c2ccnc(CF)c2)(c2cc(-c3cc[nH]n3)c(F)cc2F)N=C1N. The summed E-state index contributed by atoms with van der Waals surface area (Å²) in [6, 6.07) is 6.06. The Balaban J connectivity index is 2.04. The number of nitrogens with two attached hydrogens (primary N) is 1. The predicted octanol–water partition coefficient (Wildman–Crippen LogP) is 2.25. The van der Waals surface area contributed by atoms with Crippen LogP contribution in [0.1, 0.15) is 16.8 Å². The lowest BCUT2D eigenvalue weighted by Crippen LogP contribution is -2.41. The van der Waals surface area contributed by atoms with E-state index in [9.17, 15) is 13.6 Å². The molecule has 0 fully saturated rings. The van der Waals surface area contributed by atoms with Gasteiger partial charge in [-0.15, -0.1) is 0 Å². The lowest BCUT2D eigenvalue weighted by molar-refractivity contribution is -0.129. The third kappa shape index (κ3) is 2.75. The van der Waals surface area contributed by atoms with Gasteiger partial charge < -0.3 is 5.73 Å². The van der Waals surface area contributed by atoms with Crippen molar-refractivity contribution in [3.63, 3.8) is 0 Å². The van der Waals surface area contributed by atoms with Gasteiger partial charge in [-0.2, -0.15) is 5.10 Å². The second-order valence-corrected chi connectivity index (χ2v) is 6.49. The summed E-state index contributed by atoms with van der Waals surface area (Å²) in [4.78, 5) is 22.4. The maximum Gasteiger partial charge on any atom is 0.266 e. The van der Waals surface area contributed by atoms with E-state index in [4.69, 9.17) is 5.73 Å². The number of H-pyrrole nitrogens is 1. The molecule has 1 unspecified atom stereocenters. The number of halogens is 3. The number of amides is 1. The van der Waals surface area contributed by atoms with Gasteiger partial charge in [0, 0.05) is 36.6 Å². The van der Waals surface area contributed by atoms with Gasteiger partial charge in [0.2, 0.25) is 0 Å². The molecule has 3 N–H and O–H groups in total. The van der Waals surface area contributed by atoms with E-state index in [1.165, 1.54) is 43.7 Å². The second kappa shape index (κ2) is 6.73. The minimum absolute atomic E-state index is 0.0297. The number of aromatic nitrogens is 3. The van der Waals surface area contributed by atoms with Crippen molar-refractivity contribution in [2.45, 2.75) is 12.2 Å². The summed E-state index contributed by atoms with van der Waals surface area (Å²) in [5, 5.41) is 6.47. The molecule has 0 bridgehead atoms. The average molecular weight is 400 g/mol. The topological polar surface area (TPSA) is 100 Å². The van der Waals surface area contributed by atoms with Crippen LogP contribution >= 0.6 is 0 Å². The summed E-state index contributed by atoms with van der Waals surface area (Å²) in [5.74, 6) is -2.67. The molecule has 0 saturated heterocycles. The van der Waals surface area contributed by atoms with Crippen molar-refractivity contribution in [1.82, 2.24) is 20.1 Å². The van der Waals surface area contributed by atoms with E-state index >= 15 is 4.39 Å². The van der Waals surface area contributed by atoms with Crippen molar-refractivity contribution in [2.24, 2.45) is 10.7 Å². The minimum Gasteiger partial charge on any atom is -0.369 e. The fraction of sp³-hybridized carbons (Fsp3) is 0.158. The lowest BCUT2D eigenvalue weighted by Gasteiger charge is -2.27. The van der Waals surface area contributed by atoms with Crippen molar-refractivity contribution in [3.05, 3.63) is 71.2 Å². The van der Waals surface area contributed by atoms with Crippen LogP contribution in [-0.2, 0) is 17.0 Å². The first-order valence-electron chi connectivity index (χ1n) is 8.53. The monoisotopic (exact) mass is 400 g/mol. The van der Waals surface area contributed by atoms with E-state index in [1.54, 1.807) is 0 Å². The Kier molecular flexibility index (Phi) is 4.33. The van der Waals surface area contributed by atoms with Crippen LogP contribution in [0.25, 0.3) is 11.3 Å². The lowest BCUT2D eigenvalue weighted by atomic mass is 9.81. The number of rotatable bonds is 4. The Labute approximate surface area is 163 Å². The van der Waals surface area contributed by atoms with Gasteiger partial charge in [-0.1, -0.05) is 0 Å². The summed E-state index contributed by atoms with van der Waals surface area (Å²) in [7, 11) is 1.39. The number of hydrogen-bond donors (Lipinski definition) is 2. The molecule has 148 valence electrons. The molecule has 1 aromatic carbocycles. The standard InChI is InChI=1S/C19H15F3N6O/c1-28-17(29)19(26-18(28)23,10-2-4-24-11(6-10)9-20)13-7-12(14(21)8-15(13)22)16-3-5-25-27-16/h2-8H,9H2,1H3,(H2,23,26)(H,25,27). The molecule has 1 aliphatic rings. The zero-order chi connectivity index (χ0) is 20.8. The van der Waals surface area contributed by atoms with Crippen molar-refractivity contribution in [3.8, 4) is 11.3 Å². The number of nitrogens with zero attached hydrogens (tertiary/aromatic N) is 4. The Hall–Kier alpha value is -3.69. The molecule has 0 spiro atoms. The number of benzene rings is 1. The van der Waals surface area contributed by atoms with Crippen LogP contribution in [-0.4, -0.2) is 39.0 Å². The molecule has 3 heterocycles. The Morgan fingerprint density at radius 2 is 2.00 bits per heavy atom. The first kappa shape index (κ1) is 18.7. The molecule has 2 aromatic heterocycles. The summed E-state index contributed by atoms with van der Waals surface area (Å²) in [6.45, 7) is -0.891. The van der Waals surface area contributed by atoms with Crippen LogP contribution in [0.4, 0.5) is 13.2 Å². The Bertz CT molecular complexity index is 1130. The zero-order valence-corrected chi connectivity index (χ0v) is 15.2. The molecule has 1 amide bonds. The highest BCUT2D eigenvalue weighted by molar-refractivity contribution is 6.09. The van der Waals surface area contributed by atoms with Crippen molar-refractivity contribution >= 4 is 11.9 Å². The van der Waals surface area contributed by atoms with Gasteiger partial charge in [0.1, 0.15) is 18.3 Å². The summed E-state index contributed by atoms with van der Waals surface area (Å²) < 4.78 is 42.7. The van der Waals surface area contributed by atoms with E-state index < -0.39 is 29.8 Å². The van der Waals surface area contributed by atoms with E-state index in [1.807, 2.05) is 0 Å². The molecule has 1 atom stereocenters. The third-order valence-electron chi connectivity index (χ3n) is 4.83. The summed E-state index contributed by atoms with van der Waals surface area (Å²) >= 11 is 0. The number of alkyl halides is 1. The van der Waals surface area contributed by atoms with Crippen LogP contribution in [0.5, 0.6) is 0 Å². The Morgan fingerprint density at radius 3 is 2.62 bits per heavy atom. The number of pyridine rings is 1. The first-order chi connectivity index (χ1) is 13.9. The molecule has 4 rings (SSSR count). The number of hydrogen-bond acceptors (Lipinski definition) is 5. The van der Waals surface area contributed by atoms with Gasteiger partial charge in [-0.25, -0.2) is 18.2 Å². The van der Waals surface area contributed by atoms with Gasteiger partial charge in [0.05, 0.1) is 11.4 Å². The number of likely N-dealkylation sites (N-methyl/N-ethyl adjacent to an activating group) is 1. The predicted molar refractivity (Wildman–Crippen MR) is 98.2 cm³/mol. The highest BCUT2D eigenvalue weighted by atomic mass is 19.1. The molecule has 3 aromatic rings. The number of carbonyl (C=O) groups excluding carboxylic acids is 1. The van der Waals surface area contributed by atoms with Crippen LogP contribution in [0.15, 0.2) is 47.7 Å². The van der Waals surface area contributed by atoms with E-state index in [2.05, 4.69) is 20.2 Å². The van der Waals surface area contributed by atoms with Gasteiger partial charge in [-0.3, -0.25) is 19.8 Å². The number of carbonyl (C=O) groups is 1. The minimum atomic E-state index is -1.95. The van der Waals surface area contributed by atoms with Gasteiger partial charge in [0.15, 0.2) is 11.5 Å². The fourth-order valence-electron chi connectivity index (χ4n) is 3.37. The van der Waals surface area contributed by atoms with Gasteiger partial charge >= 0.3 is 0 Å². The Morgan fingerprint density at radius 1 is 1.21 bits per heavy atom. The molecule has 1 aliphatic heterocycles. The molecular formula is C19H15F3N6O. The quantitative estimate of drug-likeness (QED) is 0.702. The van der Waals surface area contributed by atoms with Crippen LogP contribution in [0, 0.1) is 11.6 Å². The summed E-state index contributed by atoms with van der Waals surface area (Å²) in [5.41, 5.74) is 4.06. The van der Waals surface area contributed by atoms with E-state index in [-0.39, 0.29) is 34.0 Å². The van der Waals surface area contributed by atoms with Crippen LogP contribution in [0.3, 0.4) is 0 Å². The van der Waals surface area contributed by atoms with Gasteiger partial charge in [-0.05, 0) is 29.8 Å². The highest BCUT2D eigenvalue weighted by Crippen LogP contribution is 2.42. The van der Waals surface area contributed by atoms with E-state index in [0.717, 1.165) is 4.90 Å². The molecule has 7 nitrogen and oxygen atoms in total. The van der Waals surface area contributed by atoms with Crippen LogP contribution < -0.4 is 5.73 Å². The smallest absolute Gasteiger partial charge is 0.266 e. The van der Waals surface area contributed by atoms with Crippen molar-refractivity contribution < 1.29 is 18.0 Å². The molecule has 0 saturated carbocycles. The fourth-order valence-corrected chi connectivity index (χ4v) is 3.37. The average Bonchev–Trinajstić information content (AvgIpc) is 3.32. The van der Waals surface area contributed by atoms with Gasteiger partial charge in [0.25, 0.3) is 5.91 Å². The second-order valence-electron chi connectivity index (χ2n) is 6.49. The molecule has 10 heteroatoms. The number of guanidine groups is 1. The van der Waals surface area contributed by atoms with Crippen molar-refractivity contribution in [2.75, 3.05) is 7.05 Å². The normalized spacial score (nSPS) is 19.0. The first-order valence-corrected chi connectivity index (χ1v) is 8.53. The largest absolute Gasteiger partial charge is 0.369 e. The molecule has 0 radical (unpaired) electrons. The third-order valence-corrected chi connectivity index (χ3v) is 4.83. The zero-order valence-electron chi connectivity index (χ0n) is 15.2. The van der Waals surface area contributed by atoms with Crippen LogP contribution in [0.2, 0.25) is 0 Å². The maximum absolute atomic E-state index is 15.0. The maximum atomic E-state index is 15.0. The number of aromatic amines is 1. The number of aliphatic imine (C=N–C) groups is 1.